The highest BCUT2D eigenvalue weighted by Crippen LogP contribution is 2.40. The zero-order valence-corrected chi connectivity index (χ0v) is 25.3. The third-order valence-electron chi connectivity index (χ3n) is 8.61. The summed E-state index contributed by atoms with van der Waals surface area (Å²) < 4.78 is 2.24. The maximum absolute atomic E-state index is 5.26. The topological polar surface area (TPSA) is 56.5 Å². The minimum Gasteiger partial charge on any atom is -0.294 e. The predicted octanol–water partition coefficient (Wildman–Crippen LogP) is 10.2. The second-order valence-corrected chi connectivity index (χ2v) is 11.5. The van der Waals surface area contributed by atoms with E-state index in [-0.39, 0.29) is 0 Å². The summed E-state index contributed by atoms with van der Waals surface area (Å²) >= 11 is 0. The van der Waals surface area contributed by atoms with E-state index in [0.29, 0.717) is 11.6 Å². The third-order valence-corrected chi connectivity index (χ3v) is 8.61. The van der Waals surface area contributed by atoms with Crippen LogP contribution in [0.1, 0.15) is 0 Å². The standard InChI is InChI=1S/C42H27N5/c1-5-15-28(16-6-1)38-33-23-13-14-24-35(33)43-41(44-38)31-25-26-36-34(27-31)37-39(29-17-7-2-8-18-29)45-40(30-19-9-3-10-20-30)46-42(37)47(36)32-21-11-4-12-22-32/h1-27H. The van der Waals surface area contributed by atoms with Gasteiger partial charge in [0.25, 0.3) is 0 Å². The van der Waals surface area contributed by atoms with E-state index in [1.165, 1.54) is 0 Å². The number of fused-ring (bicyclic) bond motifs is 4. The molecular weight excluding hydrogens is 574 g/mol. The van der Waals surface area contributed by atoms with Crippen LogP contribution in [0.2, 0.25) is 0 Å². The van der Waals surface area contributed by atoms with Crippen molar-refractivity contribution in [2.45, 2.75) is 0 Å². The Bertz CT molecular complexity index is 2540. The molecule has 5 heteroatoms. The lowest BCUT2D eigenvalue weighted by Crippen LogP contribution is -1.99. The lowest BCUT2D eigenvalue weighted by Gasteiger charge is -2.10. The normalized spacial score (nSPS) is 11.4. The van der Waals surface area contributed by atoms with Gasteiger partial charge in [0.05, 0.1) is 27.8 Å². The summed E-state index contributed by atoms with van der Waals surface area (Å²) in [6.45, 7) is 0. The van der Waals surface area contributed by atoms with Gasteiger partial charge in [0, 0.05) is 38.7 Å². The molecule has 0 atom stereocenters. The number of para-hydroxylation sites is 2. The van der Waals surface area contributed by atoms with Gasteiger partial charge in [0.15, 0.2) is 11.6 Å². The largest absolute Gasteiger partial charge is 0.294 e. The molecule has 47 heavy (non-hydrogen) atoms. The van der Waals surface area contributed by atoms with Crippen LogP contribution in [0.4, 0.5) is 0 Å². The smallest absolute Gasteiger partial charge is 0.162 e. The number of hydrogen-bond acceptors (Lipinski definition) is 4. The van der Waals surface area contributed by atoms with E-state index in [0.717, 1.165) is 72.2 Å². The molecule has 3 aromatic heterocycles. The minimum atomic E-state index is 0.674. The van der Waals surface area contributed by atoms with Gasteiger partial charge in [-0.15, -0.1) is 0 Å². The van der Waals surface area contributed by atoms with E-state index in [9.17, 15) is 0 Å². The zero-order valence-electron chi connectivity index (χ0n) is 25.3. The summed E-state index contributed by atoms with van der Waals surface area (Å²) in [6, 6.07) is 56.0. The summed E-state index contributed by atoms with van der Waals surface area (Å²) in [7, 11) is 0. The van der Waals surface area contributed by atoms with Crippen molar-refractivity contribution in [2.24, 2.45) is 0 Å². The van der Waals surface area contributed by atoms with Gasteiger partial charge in [-0.2, -0.15) is 0 Å². The van der Waals surface area contributed by atoms with Crippen LogP contribution >= 0.6 is 0 Å². The lowest BCUT2D eigenvalue weighted by molar-refractivity contribution is 1.11. The second-order valence-electron chi connectivity index (χ2n) is 11.5. The van der Waals surface area contributed by atoms with Gasteiger partial charge in [-0.25, -0.2) is 19.9 Å². The Morgan fingerprint density at radius 2 is 0.936 bits per heavy atom. The molecule has 0 aliphatic rings. The van der Waals surface area contributed by atoms with Gasteiger partial charge in [0.2, 0.25) is 0 Å². The van der Waals surface area contributed by atoms with Crippen LogP contribution in [0.15, 0.2) is 164 Å². The number of rotatable bonds is 5. The van der Waals surface area contributed by atoms with Crippen LogP contribution in [0.5, 0.6) is 0 Å². The van der Waals surface area contributed by atoms with Gasteiger partial charge < -0.3 is 0 Å². The van der Waals surface area contributed by atoms with Crippen LogP contribution in [-0.4, -0.2) is 24.5 Å². The van der Waals surface area contributed by atoms with Crippen molar-refractivity contribution in [1.29, 1.82) is 0 Å². The average Bonchev–Trinajstić information content (AvgIpc) is 3.49. The molecule has 9 rings (SSSR count). The molecule has 0 saturated carbocycles. The first-order valence-electron chi connectivity index (χ1n) is 15.7. The molecule has 6 aromatic carbocycles. The highest BCUT2D eigenvalue weighted by atomic mass is 15.1. The predicted molar refractivity (Wildman–Crippen MR) is 191 cm³/mol. The first-order chi connectivity index (χ1) is 23.3. The number of aromatic nitrogens is 5. The highest BCUT2D eigenvalue weighted by Gasteiger charge is 2.22. The van der Waals surface area contributed by atoms with Crippen LogP contribution in [0.25, 0.3) is 83.8 Å². The van der Waals surface area contributed by atoms with E-state index >= 15 is 0 Å². The van der Waals surface area contributed by atoms with Crippen molar-refractivity contribution >= 4 is 32.8 Å². The molecular formula is C42H27N5. The Hall–Kier alpha value is -6.46. The van der Waals surface area contributed by atoms with Crippen LogP contribution < -0.4 is 0 Å². The van der Waals surface area contributed by atoms with E-state index in [2.05, 4.69) is 108 Å². The SMILES string of the molecule is c1ccc(-c2nc(-c3ccccc3)c3c4cc(-c5nc(-c6ccccc6)c6ccccc6n5)ccc4n(-c4ccccc4)c3n2)cc1. The van der Waals surface area contributed by atoms with Crippen molar-refractivity contribution in [2.75, 3.05) is 0 Å². The molecule has 220 valence electrons. The number of nitrogens with zero attached hydrogens (tertiary/aromatic N) is 5. The molecule has 3 heterocycles. The van der Waals surface area contributed by atoms with E-state index in [1.807, 2.05) is 60.7 Å². The quantitative estimate of drug-likeness (QED) is 0.197. The summed E-state index contributed by atoms with van der Waals surface area (Å²) in [5.74, 6) is 1.36. The Balaban J connectivity index is 1.37. The second kappa shape index (κ2) is 11.2. The van der Waals surface area contributed by atoms with Crippen molar-refractivity contribution < 1.29 is 0 Å². The fourth-order valence-electron chi connectivity index (χ4n) is 6.42. The Kier molecular flexibility index (Phi) is 6.39. The third kappa shape index (κ3) is 4.64. The molecule has 0 radical (unpaired) electrons. The molecule has 0 spiro atoms. The minimum absolute atomic E-state index is 0.674. The molecule has 0 saturated heterocycles. The maximum Gasteiger partial charge on any atom is 0.162 e. The molecule has 0 bridgehead atoms. The molecule has 0 N–H and O–H groups in total. The van der Waals surface area contributed by atoms with E-state index in [1.54, 1.807) is 0 Å². The molecule has 5 nitrogen and oxygen atoms in total. The first kappa shape index (κ1) is 26.9. The Labute approximate surface area is 271 Å². The van der Waals surface area contributed by atoms with Crippen LogP contribution in [-0.2, 0) is 0 Å². The van der Waals surface area contributed by atoms with Crippen LogP contribution in [0, 0.1) is 0 Å². The highest BCUT2D eigenvalue weighted by molar-refractivity contribution is 6.15. The van der Waals surface area contributed by atoms with Crippen molar-refractivity contribution in [1.82, 2.24) is 24.5 Å². The summed E-state index contributed by atoms with van der Waals surface area (Å²) in [5.41, 5.74) is 9.61. The molecule has 9 aromatic rings. The van der Waals surface area contributed by atoms with Gasteiger partial charge in [-0.3, -0.25) is 4.57 Å². The maximum atomic E-state index is 5.26. The molecule has 0 fully saturated rings. The Morgan fingerprint density at radius 1 is 0.383 bits per heavy atom. The van der Waals surface area contributed by atoms with Crippen molar-refractivity contribution in [3.63, 3.8) is 0 Å². The molecule has 0 aliphatic heterocycles. The molecule has 0 aliphatic carbocycles. The fourth-order valence-corrected chi connectivity index (χ4v) is 6.42. The van der Waals surface area contributed by atoms with Crippen molar-refractivity contribution in [3.8, 4) is 51.0 Å². The van der Waals surface area contributed by atoms with E-state index < -0.39 is 0 Å². The summed E-state index contributed by atoms with van der Waals surface area (Å²) in [4.78, 5) is 20.7. The lowest BCUT2D eigenvalue weighted by atomic mass is 10.0. The van der Waals surface area contributed by atoms with Gasteiger partial charge >= 0.3 is 0 Å². The monoisotopic (exact) mass is 601 g/mol. The zero-order chi connectivity index (χ0) is 31.2. The summed E-state index contributed by atoms with van der Waals surface area (Å²) in [5, 5.41) is 3.05. The van der Waals surface area contributed by atoms with Gasteiger partial charge in [-0.1, -0.05) is 127 Å². The van der Waals surface area contributed by atoms with Gasteiger partial charge in [-0.05, 0) is 36.4 Å². The average molecular weight is 602 g/mol. The van der Waals surface area contributed by atoms with E-state index in [4.69, 9.17) is 19.9 Å². The molecule has 0 unspecified atom stereocenters. The number of hydrogen-bond donors (Lipinski definition) is 0. The van der Waals surface area contributed by atoms with Gasteiger partial charge in [0.1, 0.15) is 5.65 Å². The Morgan fingerprint density at radius 3 is 1.64 bits per heavy atom. The fraction of sp³-hybridized carbons (Fsp3) is 0. The van der Waals surface area contributed by atoms with Crippen LogP contribution in [0.3, 0.4) is 0 Å². The molecule has 0 amide bonds. The van der Waals surface area contributed by atoms with Crippen molar-refractivity contribution in [3.05, 3.63) is 164 Å². The summed E-state index contributed by atoms with van der Waals surface area (Å²) in [6.07, 6.45) is 0. The first-order valence-corrected chi connectivity index (χ1v) is 15.7. The number of benzene rings is 6.